The highest BCUT2D eigenvalue weighted by Crippen LogP contribution is 2.33. The van der Waals surface area contributed by atoms with Crippen LogP contribution < -0.4 is 15.8 Å². The number of hydrogen-bond donors (Lipinski definition) is 2. The first-order chi connectivity index (χ1) is 9.99. The van der Waals surface area contributed by atoms with Gasteiger partial charge in [-0.3, -0.25) is 10.1 Å². The number of hydrogen-bond acceptors (Lipinski definition) is 7. The number of anilines is 2. The molecule has 9 heteroatoms. The second kappa shape index (κ2) is 6.35. The molecule has 0 atom stereocenters. The summed E-state index contributed by atoms with van der Waals surface area (Å²) in [7, 11) is 0. The fourth-order valence-corrected chi connectivity index (χ4v) is 1.89. The van der Waals surface area contributed by atoms with E-state index in [-0.39, 0.29) is 23.3 Å². The Labute approximate surface area is 128 Å². The molecule has 0 saturated carbocycles. The number of halogens is 1. The Morgan fingerprint density at radius 2 is 2.19 bits per heavy atom. The molecule has 1 aromatic heterocycles. The summed E-state index contributed by atoms with van der Waals surface area (Å²) in [6, 6.07) is 5.76. The maximum Gasteiger partial charge on any atom is 0.273 e. The minimum Gasteiger partial charge on any atom is -0.437 e. The standard InChI is InChI=1S/C12H12BrN5O3/c1-2-15-10-6-11(17-12(14)16-10)21-9-5-7(18(19)20)3-4-8(9)13/h3-6H,2H2,1H3,(H3,14,15,16,17). The number of ether oxygens (including phenoxy) is 1. The van der Waals surface area contributed by atoms with Crippen LogP contribution in [-0.4, -0.2) is 21.4 Å². The maximum absolute atomic E-state index is 10.8. The Morgan fingerprint density at radius 3 is 2.86 bits per heavy atom. The lowest BCUT2D eigenvalue weighted by Gasteiger charge is -2.09. The lowest BCUT2D eigenvalue weighted by atomic mass is 10.3. The largest absolute Gasteiger partial charge is 0.437 e. The van der Waals surface area contributed by atoms with Crippen LogP contribution in [0.5, 0.6) is 11.6 Å². The van der Waals surface area contributed by atoms with Crippen LogP contribution in [0.1, 0.15) is 6.92 Å². The van der Waals surface area contributed by atoms with E-state index in [0.717, 1.165) is 0 Å². The van der Waals surface area contributed by atoms with Crippen LogP contribution in [0.3, 0.4) is 0 Å². The predicted molar refractivity (Wildman–Crippen MR) is 81.5 cm³/mol. The third-order valence-electron chi connectivity index (χ3n) is 2.42. The molecular weight excluding hydrogens is 342 g/mol. The van der Waals surface area contributed by atoms with Gasteiger partial charge in [-0.1, -0.05) is 0 Å². The van der Waals surface area contributed by atoms with E-state index in [9.17, 15) is 10.1 Å². The van der Waals surface area contributed by atoms with Crippen LogP contribution in [-0.2, 0) is 0 Å². The molecule has 0 spiro atoms. The molecule has 21 heavy (non-hydrogen) atoms. The highest BCUT2D eigenvalue weighted by Gasteiger charge is 2.12. The first-order valence-electron chi connectivity index (χ1n) is 6.00. The van der Waals surface area contributed by atoms with Gasteiger partial charge in [0.2, 0.25) is 11.8 Å². The fraction of sp³-hybridized carbons (Fsp3) is 0.167. The van der Waals surface area contributed by atoms with Crippen molar-refractivity contribution in [3.63, 3.8) is 0 Å². The molecule has 2 rings (SSSR count). The number of rotatable bonds is 5. The Hall–Kier alpha value is -2.42. The number of nitrogen functional groups attached to an aromatic ring is 1. The van der Waals surface area contributed by atoms with Crippen molar-refractivity contribution >= 4 is 33.4 Å². The molecule has 1 aromatic carbocycles. The monoisotopic (exact) mass is 353 g/mol. The van der Waals surface area contributed by atoms with Crippen molar-refractivity contribution in [2.45, 2.75) is 6.92 Å². The first kappa shape index (κ1) is 15.0. The van der Waals surface area contributed by atoms with Crippen LogP contribution >= 0.6 is 15.9 Å². The fourth-order valence-electron chi connectivity index (χ4n) is 1.56. The van der Waals surface area contributed by atoms with E-state index >= 15 is 0 Å². The quantitative estimate of drug-likeness (QED) is 0.626. The molecule has 2 aromatic rings. The molecule has 0 unspecified atom stereocenters. The van der Waals surface area contributed by atoms with Gasteiger partial charge in [-0.05, 0) is 28.9 Å². The number of benzene rings is 1. The molecule has 8 nitrogen and oxygen atoms in total. The van der Waals surface area contributed by atoms with Crippen molar-refractivity contribution in [3.8, 4) is 11.6 Å². The molecule has 110 valence electrons. The lowest BCUT2D eigenvalue weighted by molar-refractivity contribution is -0.384. The minimum absolute atomic E-state index is 0.0463. The van der Waals surface area contributed by atoms with Crippen LogP contribution in [0.15, 0.2) is 28.7 Å². The number of non-ortho nitro benzene ring substituents is 1. The summed E-state index contributed by atoms with van der Waals surface area (Å²) >= 11 is 3.27. The maximum atomic E-state index is 10.8. The molecule has 0 aliphatic rings. The Balaban J connectivity index is 2.33. The van der Waals surface area contributed by atoms with E-state index in [4.69, 9.17) is 10.5 Å². The van der Waals surface area contributed by atoms with E-state index in [2.05, 4.69) is 31.2 Å². The Kier molecular flexibility index (Phi) is 4.53. The zero-order valence-electron chi connectivity index (χ0n) is 11.0. The molecule has 0 radical (unpaired) electrons. The first-order valence-corrected chi connectivity index (χ1v) is 6.79. The Morgan fingerprint density at radius 1 is 1.43 bits per heavy atom. The second-order valence-electron chi connectivity index (χ2n) is 3.95. The molecule has 0 amide bonds. The average Bonchev–Trinajstić information content (AvgIpc) is 2.40. The van der Waals surface area contributed by atoms with Gasteiger partial charge in [-0.2, -0.15) is 9.97 Å². The summed E-state index contributed by atoms with van der Waals surface area (Å²) in [4.78, 5) is 18.2. The summed E-state index contributed by atoms with van der Waals surface area (Å²) in [5.41, 5.74) is 5.52. The summed E-state index contributed by atoms with van der Waals surface area (Å²) in [6.45, 7) is 2.58. The summed E-state index contributed by atoms with van der Waals surface area (Å²) in [5, 5.41) is 13.8. The van der Waals surface area contributed by atoms with Crippen molar-refractivity contribution < 1.29 is 9.66 Å². The van der Waals surface area contributed by atoms with E-state index in [1.807, 2.05) is 6.92 Å². The topological polar surface area (TPSA) is 116 Å². The highest BCUT2D eigenvalue weighted by molar-refractivity contribution is 9.10. The minimum atomic E-state index is -0.502. The summed E-state index contributed by atoms with van der Waals surface area (Å²) in [6.07, 6.45) is 0. The number of nitro groups is 1. The molecule has 0 aliphatic carbocycles. The number of nitrogens with zero attached hydrogens (tertiary/aromatic N) is 3. The van der Waals surface area contributed by atoms with Crippen molar-refractivity contribution in [2.24, 2.45) is 0 Å². The van der Waals surface area contributed by atoms with Gasteiger partial charge >= 0.3 is 0 Å². The van der Waals surface area contributed by atoms with Gasteiger partial charge in [-0.25, -0.2) is 0 Å². The van der Waals surface area contributed by atoms with Gasteiger partial charge in [0, 0.05) is 18.7 Å². The predicted octanol–water partition coefficient (Wildman–Crippen LogP) is 2.95. The lowest BCUT2D eigenvalue weighted by Crippen LogP contribution is -2.04. The molecule has 0 fully saturated rings. The average molecular weight is 354 g/mol. The van der Waals surface area contributed by atoms with Crippen LogP contribution in [0.4, 0.5) is 17.5 Å². The molecule has 0 saturated heterocycles. The van der Waals surface area contributed by atoms with Crippen LogP contribution in [0, 0.1) is 10.1 Å². The van der Waals surface area contributed by atoms with E-state index in [1.54, 1.807) is 6.07 Å². The molecular formula is C12H12BrN5O3. The molecule has 3 N–H and O–H groups in total. The number of nitro benzene ring substituents is 1. The van der Waals surface area contributed by atoms with E-state index < -0.39 is 4.92 Å². The Bertz CT molecular complexity index is 680. The van der Waals surface area contributed by atoms with Gasteiger partial charge in [0.1, 0.15) is 5.82 Å². The van der Waals surface area contributed by atoms with Gasteiger partial charge in [-0.15, -0.1) is 0 Å². The van der Waals surface area contributed by atoms with Gasteiger partial charge < -0.3 is 15.8 Å². The number of nitrogens with one attached hydrogen (secondary N) is 1. The number of aromatic nitrogens is 2. The van der Waals surface area contributed by atoms with E-state index in [1.165, 1.54) is 18.2 Å². The molecule has 0 bridgehead atoms. The van der Waals surface area contributed by atoms with Crippen molar-refractivity contribution in [1.82, 2.24) is 9.97 Å². The molecule has 0 aliphatic heterocycles. The van der Waals surface area contributed by atoms with Crippen molar-refractivity contribution in [3.05, 3.63) is 38.9 Å². The second-order valence-corrected chi connectivity index (χ2v) is 4.81. The third kappa shape index (κ3) is 3.78. The summed E-state index contributed by atoms with van der Waals surface area (Å²) in [5.74, 6) is 1.02. The van der Waals surface area contributed by atoms with Crippen molar-refractivity contribution in [1.29, 1.82) is 0 Å². The van der Waals surface area contributed by atoms with Gasteiger partial charge in [0.05, 0.1) is 15.5 Å². The smallest absolute Gasteiger partial charge is 0.273 e. The van der Waals surface area contributed by atoms with Crippen LogP contribution in [0.25, 0.3) is 0 Å². The van der Waals surface area contributed by atoms with E-state index in [0.29, 0.717) is 16.8 Å². The zero-order chi connectivity index (χ0) is 15.4. The third-order valence-corrected chi connectivity index (χ3v) is 3.07. The summed E-state index contributed by atoms with van der Waals surface area (Å²) < 4.78 is 6.11. The zero-order valence-corrected chi connectivity index (χ0v) is 12.6. The van der Waals surface area contributed by atoms with Gasteiger partial charge in [0.25, 0.3) is 5.69 Å². The highest BCUT2D eigenvalue weighted by atomic mass is 79.9. The van der Waals surface area contributed by atoms with Gasteiger partial charge in [0.15, 0.2) is 5.75 Å². The van der Waals surface area contributed by atoms with Crippen LogP contribution in [0.2, 0.25) is 0 Å². The normalized spacial score (nSPS) is 10.2. The van der Waals surface area contributed by atoms with Crippen molar-refractivity contribution in [2.75, 3.05) is 17.6 Å². The molecule has 1 heterocycles. The number of nitrogens with two attached hydrogens (primary N) is 1. The SMILES string of the molecule is CCNc1cc(Oc2cc([N+](=O)[O-])ccc2Br)nc(N)n1.